The van der Waals surface area contributed by atoms with E-state index in [0.29, 0.717) is 12.4 Å². The molecule has 0 atom stereocenters. The third-order valence-electron chi connectivity index (χ3n) is 2.54. The minimum Gasteiger partial charge on any atom is -0.382 e. The van der Waals surface area contributed by atoms with Crippen LogP contribution in [0.5, 0.6) is 0 Å². The molecule has 0 aliphatic rings. The van der Waals surface area contributed by atoms with Crippen LogP contribution in [0.4, 0.5) is 15.9 Å². The summed E-state index contributed by atoms with van der Waals surface area (Å²) >= 11 is 0. The molecule has 88 valence electrons. The maximum atomic E-state index is 13.0. The molecule has 2 aromatic rings. The number of nitrogen functional groups attached to an aromatic ring is 1. The summed E-state index contributed by atoms with van der Waals surface area (Å²) in [7, 11) is 1.90. The van der Waals surface area contributed by atoms with E-state index in [0.717, 1.165) is 11.3 Å². The highest BCUT2D eigenvalue weighted by Crippen LogP contribution is 2.20. The van der Waals surface area contributed by atoms with E-state index >= 15 is 0 Å². The van der Waals surface area contributed by atoms with Gasteiger partial charge < -0.3 is 10.6 Å². The zero-order valence-electron chi connectivity index (χ0n) is 9.60. The quantitative estimate of drug-likeness (QED) is 0.882. The molecule has 0 fully saturated rings. The van der Waals surface area contributed by atoms with Gasteiger partial charge in [0, 0.05) is 19.8 Å². The first-order valence-corrected chi connectivity index (χ1v) is 5.33. The van der Waals surface area contributed by atoms with E-state index in [-0.39, 0.29) is 5.82 Å². The van der Waals surface area contributed by atoms with Gasteiger partial charge in [-0.25, -0.2) is 9.37 Å². The van der Waals surface area contributed by atoms with E-state index in [9.17, 15) is 4.39 Å². The largest absolute Gasteiger partial charge is 0.382 e. The fraction of sp³-hybridized carbons (Fsp3) is 0.154. The van der Waals surface area contributed by atoms with E-state index in [1.165, 1.54) is 12.1 Å². The van der Waals surface area contributed by atoms with E-state index in [2.05, 4.69) is 4.98 Å². The summed E-state index contributed by atoms with van der Waals surface area (Å²) < 4.78 is 13.0. The van der Waals surface area contributed by atoms with Crippen molar-refractivity contribution in [3.05, 3.63) is 54.0 Å². The van der Waals surface area contributed by atoms with Crippen LogP contribution in [0.2, 0.25) is 0 Å². The number of rotatable bonds is 3. The van der Waals surface area contributed by atoms with E-state index in [1.54, 1.807) is 12.3 Å². The van der Waals surface area contributed by atoms with Gasteiger partial charge in [0.25, 0.3) is 0 Å². The lowest BCUT2D eigenvalue weighted by Gasteiger charge is -2.20. The SMILES string of the molecule is CN(Cc1cccc(F)c1)c1cccnc1N. The average Bonchev–Trinajstić information content (AvgIpc) is 2.29. The number of pyridine rings is 1. The molecule has 1 heterocycles. The maximum absolute atomic E-state index is 13.0. The van der Waals surface area contributed by atoms with Crippen LogP contribution in [-0.4, -0.2) is 12.0 Å². The highest BCUT2D eigenvalue weighted by atomic mass is 19.1. The lowest BCUT2D eigenvalue weighted by atomic mass is 10.2. The van der Waals surface area contributed by atoms with E-state index in [1.807, 2.05) is 30.1 Å². The lowest BCUT2D eigenvalue weighted by molar-refractivity contribution is 0.625. The Morgan fingerprint density at radius 2 is 2.12 bits per heavy atom. The summed E-state index contributed by atoms with van der Waals surface area (Å²) in [6.45, 7) is 0.591. The van der Waals surface area contributed by atoms with Crippen molar-refractivity contribution in [1.29, 1.82) is 0 Å². The molecular formula is C13H14FN3. The molecule has 0 bridgehead atoms. The molecule has 0 unspecified atom stereocenters. The molecule has 1 aromatic carbocycles. The Hall–Kier alpha value is -2.10. The van der Waals surface area contributed by atoms with Crippen LogP contribution in [0.15, 0.2) is 42.6 Å². The van der Waals surface area contributed by atoms with Crippen molar-refractivity contribution in [2.45, 2.75) is 6.54 Å². The molecule has 0 aliphatic heterocycles. The second kappa shape index (κ2) is 4.82. The summed E-state index contributed by atoms with van der Waals surface area (Å²) in [5.41, 5.74) is 7.52. The zero-order chi connectivity index (χ0) is 12.3. The van der Waals surface area contributed by atoms with Gasteiger partial charge in [-0.2, -0.15) is 0 Å². The van der Waals surface area contributed by atoms with Crippen LogP contribution in [0.25, 0.3) is 0 Å². The summed E-state index contributed by atoms with van der Waals surface area (Å²) in [6, 6.07) is 10.2. The number of anilines is 2. The molecule has 17 heavy (non-hydrogen) atoms. The average molecular weight is 231 g/mol. The third kappa shape index (κ3) is 2.72. The standard InChI is InChI=1S/C13H14FN3/c1-17(12-6-3-7-16-13(12)15)9-10-4-2-5-11(14)8-10/h2-8H,9H2,1H3,(H2,15,16). The van der Waals surface area contributed by atoms with Gasteiger partial charge in [0.05, 0.1) is 5.69 Å². The molecule has 3 nitrogen and oxygen atoms in total. The summed E-state index contributed by atoms with van der Waals surface area (Å²) in [6.07, 6.45) is 1.65. The molecule has 0 aliphatic carbocycles. The molecular weight excluding hydrogens is 217 g/mol. The van der Waals surface area contributed by atoms with Crippen molar-refractivity contribution >= 4 is 11.5 Å². The highest BCUT2D eigenvalue weighted by molar-refractivity contribution is 5.62. The second-order valence-electron chi connectivity index (χ2n) is 3.89. The number of nitrogens with zero attached hydrogens (tertiary/aromatic N) is 2. The topological polar surface area (TPSA) is 42.2 Å². The minimum atomic E-state index is -0.227. The van der Waals surface area contributed by atoms with Crippen molar-refractivity contribution in [2.24, 2.45) is 0 Å². The number of aromatic nitrogens is 1. The van der Waals surface area contributed by atoms with Gasteiger partial charge in [-0.1, -0.05) is 12.1 Å². The second-order valence-corrected chi connectivity index (χ2v) is 3.89. The summed E-state index contributed by atoms with van der Waals surface area (Å²) in [5, 5.41) is 0. The first kappa shape index (κ1) is 11.4. The van der Waals surface area contributed by atoms with Crippen LogP contribution in [-0.2, 0) is 6.54 Å². The molecule has 0 saturated carbocycles. The number of hydrogen-bond acceptors (Lipinski definition) is 3. The van der Waals surface area contributed by atoms with Crippen LogP contribution >= 0.6 is 0 Å². The van der Waals surface area contributed by atoms with E-state index < -0.39 is 0 Å². The van der Waals surface area contributed by atoms with Crippen molar-refractivity contribution < 1.29 is 4.39 Å². The lowest BCUT2D eigenvalue weighted by Crippen LogP contribution is -2.18. The fourth-order valence-corrected chi connectivity index (χ4v) is 1.73. The van der Waals surface area contributed by atoms with Gasteiger partial charge >= 0.3 is 0 Å². The van der Waals surface area contributed by atoms with E-state index in [4.69, 9.17) is 5.73 Å². The van der Waals surface area contributed by atoms with Crippen molar-refractivity contribution in [1.82, 2.24) is 4.98 Å². The number of benzene rings is 1. The van der Waals surface area contributed by atoms with Crippen LogP contribution in [0.1, 0.15) is 5.56 Å². The molecule has 2 rings (SSSR count). The predicted octanol–water partition coefficient (Wildman–Crippen LogP) is 2.44. The Balaban J connectivity index is 2.17. The zero-order valence-corrected chi connectivity index (χ0v) is 9.60. The molecule has 4 heteroatoms. The third-order valence-corrected chi connectivity index (χ3v) is 2.54. The van der Waals surface area contributed by atoms with Gasteiger partial charge in [0.1, 0.15) is 11.6 Å². The first-order valence-electron chi connectivity index (χ1n) is 5.33. The van der Waals surface area contributed by atoms with Crippen LogP contribution in [0.3, 0.4) is 0 Å². The molecule has 0 radical (unpaired) electrons. The monoisotopic (exact) mass is 231 g/mol. The first-order chi connectivity index (χ1) is 8.16. The van der Waals surface area contributed by atoms with Gasteiger partial charge in [-0.05, 0) is 29.8 Å². The Labute approximate surface area is 99.7 Å². The number of halogens is 1. The molecule has 0 saturated heterocycles. The van der Waals surface area contributed by atoms with Crippen molar-refractivity contribution in [3.8, 4) is 0 Å². The molecule has 0 amide bonds. The van der Waals surface area contributed by atoms with Gasteiger partial charge in [0.2, 0.25) is 0 Å². The normalized spacial score (nSPS) is 10.2. The summed E-state index contributed by atoms with van der Waals surface area (Å²) in [5.74, 6) is 0.251. The molecule has 0 spiro atoms. The smallest absolute Gasteiger partial charge is 0.146 e. The van der Waals surface area contributed by atoms with Crippen LogP contribution < -0.4 is 10.6 Å². The van der Waals surface area contributed by atoms with Gasteiger partial charge in [-0.15, -0.1) is 0 Å². The Bertz CT molecular complexity index is 514. The van der Waals surface area contributed by atoms with Gasteiger partial charge in [0.15, 0.2) is 0 Å². The highest BCUT2D eigenvalue weighted by Gasteiger charge is 2.06. The minimum absolute atomic E-state index is 0.227. The molecule has 2 N–H and O–H groups in total. The fourth-order valence-electron chi connectivity index (χ4n) is 1.73. The molecule has 1 aromatic heterocycles. The van der Waals surface area contributed by atoms with Crippen molar-refractivity contribution in [2.75, 3.05) is 17.7 Å². The van der Waals surface area contributed by atoms with Crippen molar-refractivity contribution in [3.63, 3.8) is 0 Å². The Morgan fingerprint density at radius 3 is 2.82 bits per heavy atom. The van der Waals surface area contributed by atoms with Crippen LogP contribution in [0, 0.1) is 5.82 Å². The Morgan fingerprint density at radius 1 is 1.29 bits per heavy atom. The number of nitrogens with two attached hydrogens (primary N) is 1. The number of hydrogen-bond donors (Lipinski definition) is 1. The summed E-state index contributed by atoms with van der Waals surface area (Å²) in [4.78, 5) is 5.96. The Kier molecular flexibility index (Phi) is 3.23. The van der Waals surface area contributed by atoms with Gasteiger partial charge in [-0.3, -0.25) is 0 Å². The predicted molar refractivity (Wildman–Crippen MR) is 67.2 cm³/mol. The maximum Gasteiger partial charge on any atom is 0.146 e.